The van der Waals surface area contributed by atoms with Gasteiger partial charge >= 0.3 is 0 Å². The molecule has 17 heavy (non-hydrogen) atoms. The minimum absolute atomic E-state index is 0.595. The third-order valence-electron chi connectivity index (χ3n) is 2.41. The smallest absolute Gasteiger partial charge is 0.121 e. The van der Waals surface area contributed by atoms with E-state index in [0.717, 1.165) is 22.3 Å². The van der Waals surface area contributed by atoms with E-state index in [4.69, 9.17) is 10.5 Å². The third kappa shape index (κ3) is 3.23. The Morgan fingerprint density at radius 2 is 2.06 bits per heavy atom. The van der Waals surface area contributed by atoms with E-state index in [1.807, 2.05) is 37.4 Å². The van der Waals surface area contributed by atoms with Crippen molar-refractivity contribution in [3.05, 3.63) is 40.5 Å². The van der Waals surface area contributed by atoms with Crippen LogP contribution < -0.4 is 10.5 Å². The Hall–Kier alpha value is -1.49. The molecule has 1 aromatic heterocycles. The molecule has 2 rings (SSSR count). The maximum Gasteiger partial charge on any atom is 0.121 e. The van der Waals surface area contributed by atoms with Gasteiger partial charge in [0.1, 0.15) is 11.6 Å². The molecule has 0 saturated heterocycles. The molecule has 90 valence electrons. The van der Waals surface area contributed by atoms with Gasteiger partial charge < -0.3 is 10.5 Å². The average molecular weight is 296 g/mol. The molecular weight excluding hydrogens is 282 g/mol. The summed E-state index contributed by atoms with van der Waals surface area (Å²) in [5.74, 6) is 1.53. The zero-order valence-corrected chi connectivity index (χ0v) is 11.1. The monoisotopic (exact) mass is 295 g/mol. The number of nitrogen functional groups attached to an aromatic ring is 1. The van der Waals surface area contributed by atoms with Crippen molar-refractivity contribution in [2.45, 2.75) is 6.42 Å². The summed E-state index contributed by atoms with van der Waals surface area (Å²) in [6.45, 7) is 0.595. The van der Waals surface area contributed by atoms with Gasteiger partial charge in [-0.2, -0.15) is 5.10 Å². The molecule has 5 heteroatoms. The predicted molar refractivity (Wildman–Crippen MR) is 71.0 cm³/mol. The van der Waals surface area contributed by atoms with Crippen LogP contribution in [0.2, 0.25) is 0 Å². The molecule has 2 N–H and O–H groups in total. The van der Waals surface area contributed by atoms with E-state index in [1.165, 1.54) is 0 Å². The summed E-state index contributed by atoms with van der Waals surface area (Å²) in [6.07, 6.45) is 0.751. The molecule has 2 aromatic rings. The molecular formula is C12H14BrN3O. The number of hydrogen-bond acceptors (Lipinski definition) is 3. The van der Waals surface area contributed by atoms with Gasteiger partial charge in [-0.05, 0) is 24.3 Å². The van der Waals surface area contributed by atoms with Crippen molar-refractivity contribution in [3.8, 4) is 5.75 Å². The first kappa shape index (κ1) is 12.0. The van der Waals surface area contributed by atoms with Gasteiger partial charge in [-0.1, -0.05) is 15.9 Å². The minimum atomic E-state index is 0.595. The summed E-state index contributed by atoms with van der Waals surface area (Å²) in [5, 5.41) is 4.26. The van der Waals surface area contributed by atoms with E-state index in [-0.39, 0.29) is 0 Å². The standard InChI is InChI=1S/C12H14BrN3O/c1-16-12(14)8-10(15-16)6-7-17-11-4-2-9(13)3-5-11/h2-5,8H,6-7,14H2,1H3. The lowest BCUT2D eigenvalue weighted by molar-refractivity contribution is 0.320. The van der Waals surface area contributed by atoms with Crippen LogP contribution in [0.25, 0.3) is 0 Å². The molecule has 0 aliphatic carbocycles. The van der Waals surface area contributed by atoms with Gasteiger partial charge in [-0.3, -0.25) is 4.68 Å². The van der Waals surface area contributed by atoms with E-state index in [1.54, 1.807) is 4.68 Å². The minimum Gasteiger partial charge on any atom is -0.493 e. The number of ether oxygens (including phenoxy) is 1. The largest absolute Gasteiger partial charge is 0.493 e. The summed E-state index contributed by atoms with van der Waals surface area (Å²) in [7, 11) is 1.83. The Labute approximate surface area is 109 Å². The Morgan fingerprint density at radius 1 is 1.35 bits per heavy atom. The van der Waals surface area contributed by atoms with E-state index in [9.17, 15) is 0 Å². The van der Waals surface area contributed by atoms with Crippen molar-refractivity contribution < 1.29 is 4.74 Å². The molecule has 0 spiro atoms. The first-order valence-corrected chi connectivity index (χ1v) is 6.11. The number of anilines is 1. The quantitative estimate of drug-likeness (QED) is 0.942. The number of rotatable bonds is 4. The van der Waals surface area contributed by atoms with Crippen LogP contribution in [-0.4, -0.2) is 16.4 Å². The van der Waals surface area contributed by atoms with Gasteiger partial charge in [0.2, 0.25) is 0 Å². The van der Waals surface area contributed by atoms with Crippen molar-refractivity contribution in [2.24, 2.45) is 7.05 Å². The number of hydrogen-bond donors (Lipinski definition) is 1. The lowest BCUT2D eigenvalue weighted by Gasteiger charge is -2.04. The van der Waals surface area contributed by atoms with E-state index < -0.39 is 0 Å². The molecule has 0 fully saturated rings. The predicted octanol–water partition coefficient (Wildman–Crippen LogP) is 2.39. The van der Waals surface area contributed by atoms with Gasteiger partial charge in [-0.25, -0.2) is 0 Å². The molecule has 4 nitrogen and oxygen atoms in total. The molecule has 1 heterocycles. The van der Waals surface area contributed by atoms with Crippen LogP contribution in [0.3, 0.4) is 0 Å². The Bertz CT molecular complexity index is 473. The van der Waals surface area contributed by atoms with Crippen molar-refractivity contribution in [1.29, 1.82) is 0 Å². The highest BCUT2D eigenvalue weighted by Crippen LogP contribution is 2.16. The summed E-state index contributed by atoms with van der Waals surface area (Å²) in [6, 6.07) is 9.63. The second-order valence-electron chi connectivity index (χ2n) is 3.74. The van der Waals surface area contributed by atoms with Gasteiger partial charge in [0.05, 0.1) is 12.3 Å². The van der Waals surface area contributed by atoms with Crippen LogP contribution in [-0.2, 0) is 13.5 Å². The highest BCUT2D eigenvalue weighted by Gasteiger charge is 2.02. The van der Waals surface area contributed by atoms with Crippen LogP contribution in [0.4, 0.5) is 5.82 Å². The zero-order chi connectivity index (χ0) is 12.3. The van der Waals surface area contributed by atoms with Gasteiger partial charge in [0.25, 0.3) is 0 Å². The molecule has 0 amide bonds. The summed E-state index contributed by atoms with van der Waals surface area (Å²) in [4.78, 5) is 0. The van der Waals surface area contributed by atoms with E-state index in [0.29, 0.717) is 12.4 Å². The van der Waals surface area contributed by atoms with E-state index >= 15 is 0 Å². The van der Waals surface area contributed by atoms with Crippen LogP contribution >= 0.6 is 15.9 Å². The Balaban J connectivity index is 1.85. The number of benzene rings is 1. The zero-order valence-electron chi connectivity index (χ0n) is 9.56. The fourth-order valence-corrected chi connectivity index (χ4v) is 1.73. The number of nitrogens with zero attached hydrogens (tertiary/aromatic N) is 2. The Morgan fingerprint density at radius 3 is 2.65 bits per heavy atom. The average Bonchev–Trinajstić information content (AvgIpc) is 2.61. The maximum atomic E-state index is 5.69. The number of aryl methyl sites for hydroxylation is 1. The van der Waals surface area contributed by atoms with Crippen LogP contribution in [0, 0.1) is 0 Å². The van der Waals surface area contributed by atoms with Crippen LogP contribution in [0.15, 0.2) is 34.8 Å². The number of nitrogens with two attached hydrogens (primary N) is 1. The molecule has 0 unspecified atom stereocenters. The van der Waals surface area contributed by atoms with Crippen LogP contribution in [0.1, 0.15) is 5.69 Å². The van der Waals surface area contributed by atoms with Crippen molar-refractivity contribution in [3.63, 3.8) is 0 Å². The van der Waals surface area contributed by atoms with E-state index in [2.05, 4.69) is 21.0 Å². The lowest BCUT2D eigenvalue weighted by Crippen LogP contribution is -2.02. The van der Waals surface area contributed by atoms with Crippen molar-refractivity contribution in [1.82, 2.24) is 9.78 Å². The van der Waals surface area contributed by atoms with Crippen molar-refractivity contribution in [2.75, 3.05) is 12.3 Å². The molecule has 0 bridgehead atoms. The first-order chi connectivity index (χ1) is 8.15. The molecule has 0 aliphatic heterocycles. The highest BCUT2D eigenvalue weighted by atomic mass is 79.9. The Kier molecular flexibility index (Phi) is 3.68. The summed E-state index contributed by atoms with van der Waals surface area (Å²) in [5.41, 5.74) is 6.64. The number of aromatic nitrogens is 2. The van der Waals surface area contributed by atoms with Gasteiger partial charge in [-0.15, -0.1) is 0 Å². The van der Waals surface area contributed by atoms with Crippen molar-refractivity contribution >= 4 is 21.7 Å². The van der Waals surface area contributed by atoms with Gasteiger partial charge in [0.15, 0.2) is 0 Å². The summed E-state index contributed by atoms with van der Waals surface area (Å²) >= 11 is 3.38. The topological polar surface area (TPSA) is 53.1 Å². The molecule has 0 aliphatic rings. The molecule has 1 aromatic carbocycles. The fraction of sp³-hybridized carbons (Fsp3) is 0.250. The fourth-order valence-electron chi connectivity index (χ4n) is 1.47. The van der Waals surface area contributed by atoms with Crippen LogP contribution in [0.5, 0.6) is 5.75 Å². The molecule has 0 radical (unpaired) electrons. The second-order valence-corrected chi connectivity index (χ2v) is 4.65. The first-order valence-electron chi connectivity index (χ1n) is 5.32. The molecule has 0 atom stereocenters. The lowest BCUT2D eigenvalue weighted by atomic mass is 10.3. The maximum absolute atomic E-state index is 5.69. The highest BCUT2D eigenvalue weighted by molar-refractivity contribution is 9.10. The number of halogens is 1. The third-order valence-corrected chi connectivity index (χ3v) is 2.94. The SMILES string of the molecule is Cn1nc(CCOc2ccc(Br)cc2)cc1N. The second kappa shape index (κ2) is 5.23. The normalized spacial score (nSPS) is 10.5. The molecule has 0 saturated carbocycles. The summed E-state index contributed by atoms with van der Waals surface area (Å²) < 4.78 is 8.31. The van der Waals surface area contributed by atoms with Gasteiger partial charge in [0, 0.05) is 24.0 Å².